The minimum absolute atomic E-state index is 0.141. The highest BCUT2D eigenvalue weighted by atomic mass is 16.5. The van der Waals surface area contributed by atoms with E-state index in [1.165, 1.54) is 0 Å². The summed E-state index contributed by atoms with van der Waals surface area (Å²) in [6.45, 7) is 4.32. The topological polar surface area (TPSA) is 105 Å². The zero-order valence-electron chi connectivity index (χ0n) is 13.3. The Bertz CT molecular complexity index is 391. The van der Waals surface area contributed by atoms with Crippen LogP contribution in [0.1, 0.15) is 46.0 Å². The van der Waals surface area contributed by atoms with Gasteiger partial charge in [0.1, 0.15) is 6.04 Å². The van der Waals surface area contributed by atoms with Gasteiger partial charge >= 0.3 is 5.97 Å². The van der Waals surface area contributed by atoms with E-state index >= 15 is 0 Å². The molecule has 1 unspecified atom stereocenters. The SMILES string of the molecule is CC(C)C[C@H](NC(=O)CNC(=O)CCC1CCCO1)C(=O)O. The van der Waals surface area contributed by atoms with Crippen LogP contribution in [-0.2, 0) is 19.1 Å². The summed E-state index contributed by atoms with van der Waals surface area (Å²) < 4.78 is 5.42. The second-order valence-corrected chi connectivity index (χ2v) is 6.04. The third kappa shape index (κ3) is 7.40. The van der Waals surface area contributed by atoms with E-state index in [4.69, 9.17) is 9.84 Å². The molecule has 0 spiro atoms. The van der Waals surface area contributed by atoms with Gasteiger partial charge in [-0.05, 0) is 31.6 Å². The first-order valence-electron chi connectivity index (χ1n) is 7.79. The maximum Gasteiger partial charge on any atom is 0.326 e. The average molecular weight is 314 g/mol. The van der Waals surface area contributed by atoms with Crippen LogP contribution in [0.25, 0.3) is 0 Å². The first-order valence-corrected chi connectivity index (χ1v) is 7.79. The fraction of sp³-hybridized carbons (Fsp3) is 0.800. The van der Waals surface area contributed by atoms with E-state index in [1.807, 2.05) is 13.8 Å². The van der Waals surface area contributed by atoms with Gasteiger partial charge in [0.05, 0.1) is 12.6 Å². The summed E-state index contributed by atoms with van der Waals surface area (Å²) in [5, 5.41) is 14.0. The Morgan fingerprint density at radius 1 is 1.27 bits per heavy atom. The van der Waals surface area contributed by atoms with Crippen molar-refractivity contribution in [1.82, 2.24) is 10.6 Å². The number of hydrogen-bond acceptors (Lipinski definition) is 4. The van der Waals surface area contributed by atoms with Crippen LogP contribution in [0, 0.1) is 5.92 Å². The quantitative estimate of drug-likeness (QED) is 0.580. The van der Waals surface area contributed by atoms with Crippen molar-refractivity contribution in [3.63, 3.8) is 0 Å². The van der Waals surface area contributed by atoms with Gasteiger partial charge in [0, 0.05) is 13.0 Å². The molecule has 126 valence electrons. The normalized spacial score (nSPS) is 19.0. The van der Waals surface area contributed by atoms with Crippen molar-refractivity contribution >= 4 is 17.8 Å². The summed E-state index contributed by atoms with van der Waals surface area (Å²) in [5.41, 5.74) is 0. The molecule has 1 fully saturated rings. The summed E-state index contributed by atoms with van der Waals surface area (Å²) >= 11 is 0. The standard InChI is InChI=1S/C15H26N2O5/c1-10(2)8-12(15(20)21)17-14(19)9-16-13(18)6-5-11-4-3-7-22-11/h10-12H,3-9H2,1-2H3,(H,16,18)(H,17,19)(H,20,21)/t11?,12-/m0/s1. The second-order valence-electron chi connectivity index (χ2n) is 6.04. The van der Waals surface area contributed by atoms with Crippen molar-refractivity contribution in [2.45, 2.75) is 58.1 Å². The minimum atomic E-state index is -1.06. The van der Waals surface area contributed by atoms with Crippen molar-refractivity contribution in [1.29, 1.82) is 0 Å². The Hall–Kier alpha value is -1.63. The molecule has 0 aromatic heterocycles. The Morgan fingerprint density at radius 2 is 2.00 bits per heavy atom. The molecule has 1 saturated heterocycles. The molecule has 1 heterocycles. The zero-order chi connectivity index (χ0) is 16.5. The first kappa shape index (κ1) is 18.4. The lowest BCUT2D eigenvalue weighted by Crippen LogP contribution is -2.46. The van der Waals surface area contributed by atoms with Crippen LogP contribution in [0.5, 0.6) is 0 Å². The fourth-order valence-electron chi connectivity index (χ4n) is 2.37. The highest BCUT2D eigenvalue weighted by Crippen LogP contribution is 2.16. The summed E-state index contributed by atoms with van der Waals surface area (Å²) in [6, 6.07) is -0.920. The molecule has 2 amide bonds. The highest BCUT2D eigenvalue weighted by molar-refractivity contribution is 5.87. The van der Waals surface area contributed by atoms with Gasteiger partial charge in [0.15, 0.2) is 0 Å². The fourth-order valence-corrected chi connectivity index (χ4v) is 2.37. The Balaban J connectivity index is 2.22. The molecule has 22 heavy (non-hydrogen) atoms. The van der Waals surface area contributed by atoms with Crippen LogP contribution in [0.2, 0.25) is 0 Å². The van der Waals surface area contributed by atoms with E-state index in [-0.39, 0.29) is 24.5 Å². The van der Waals surface area contributed by atoms with E-state index in [9.17, 15) is 14.4 Å². The van der Waals surface area contributed by atoms with E-state index in [1.54, 1.807) is 0 Å². The molecule has 0 aliphatic carbocycles. The molecule has 0 aromatic rings. The number of amides is 2. The Kier molecular flexibility index (Phi) is 7.87. The van der Waals surface area contributed by atoms with Crippen molar-refractivity contribution in [2.75, 3.05) is 13.2 Å². The summed E-state index contributed by atoms with van der Waals surface area (Å²) in [5.74, 6) is -1.62. The zero-order valence-corrected chi connectivity index (χ0v) is 13.3. The number of nitrogens with one attached hydrogen (secondary N) is 2. The minimum Gasteiger partial charge on any atom is -0.480 e. The number of carbonyl (C=O) groups is 3. The number of ether oxygens (including phenoxy) is 1. The maximum atomic E-state index is 11.7. The molecule has 1 aliphatic heterocycles. The van der Waals surface area contributed by atoms with Crippen molar-refractivity contribution in [3.8, 4) is 0 Å². The molecule has 0 radical (unpaired) electrons. The van der Waals surface area contributed by atoms with Crippen LogP contribution in [0.15, 0.2) is 0 Å². The molecular formula is C15H26N2O5. The average Bonchev–Trinajstić information content (AvgIpc) is 2.94. The summed E-state index contributed by atoms with van der Waals surface area (Å²) in [4.78, 5) is 34.4. The number of aliphatic carboxylic acids is 1. The van der Waals surface area contributed by atoms with E-state index in [0.717, 1.165) is 19.4 Å². The Labute approximate surface area is 130 Å². The van der Waals surface area contributed by atoms with Crippen molar-refractivity contribution < 1.29 is 24.2 Å². The third-order valence-corrected chi connectivity index (χ3v) is 3.50. The molecule has 1 rings (SSSR count). The number of rotatable bonds is 9. The van der Waals surface area contributed by atoms with Gasteiger partial charge in [-0.1, -0.05) is 13.8 Å². The molecule has 7 nitrogen and oxygen atoms in total. The molecule has 1 aliphatic rings. The van der Waals surface area contributed by atoms with Gasteiger partial charge in [-0.15, -0.1) is 0 Å². The molecule has 0 aromatic carbocycles. The van der Waals surface area contributed by atoms with Crippen molar-refractivity contribution in [3.05, 3.63) is 0 Å². The van der Waals surface area contributed by atoms with Crippen LogP contribution in [-0.4, -0.2) is 48.2 Å². The molecule has 0 bridgehead atoms. The second kappa shape index (κ2) is 9.40. The lowest BCUT2D eigenvalue weighted by molar-refractivity contribution is -0.142. The van der Waals surface area contributed by atoms with E-state index in [2.05, 4.69) is 10.6 Å². The van der Waals surface area contributed by atoms with Gasteiger partial charge in [0.2, 0.25) is 11.8 Å². The lowest BCUT2D eigenvalue weighted by Gasteiger charge is -2.16. The van der Waals surface area contributed by atoms with Gasteiger partial charge in [-0.2, -0.15) is 0 Å². The number of carboxylic acids is 1. The Morgan fingerprint density at radius 3 is 2.55 bits per heavy atom. The number of carboxylic acid groups (broad SMARTS) is 1. The lowest BCUT2D eigenvalue weighted by atomic mass is 10.0. The van der Waals surface area contributed by atoms with Crippen molar-refractivity contribution in [2.24, 2.45) is 5.92 Å². The number of hydrogen-bond donors (Lipinski definition) is 3. The highest BCUT2D eigenvalue weighted by Gasteiger charge is 2.21. The van der Waals surface area contributed by atoms with E-state index < -0.39 is 17.9 Å². The first-order chi connectivity index (χ1) is 10.4. The maximum absolute atomic E-state index is 11.7. The van der Waals surface area contributed by atoms with Gasteiger partial charge in [0.25, 0.3) is 0 Å². The molecule has 7 heteroatoms. The number of carbonyl (C=O) groups excluding carboxylic acids is 2. The summed E-state index contributed by atoms with van der Waals surface area (Å²) in [7, 11) is 0. The smallest absolute Gasteiger partial charge is 0.326 e. The van der Waals surface area contributed by atoms with Gasteiger partial charge < -0.3 is 20.5 Å². The predicted molar refractivity (Wildman–Crippen MR) is 80.2 cm³/mol. The predicted octanol–water partition coefficient (Wildman–Crippen LogP) is 0.677. The van der Waals surface area contributed by atoms with Gasteiger partial charge in [-0.25, -0.2) is 4.79 Å². The monoisotopic (exact) mass is 314 g/mol. The molecular weight excluding hydrogens is 288 g/mol. The third-order valence-electron chi connectivity index (χ3n) is 3.50. The van der Waals surface area contributed by atoms with Crippen LogP contribution < -0.4 is 10.6 Å². The van der Waals surface area contributed by atoms with E-state index in [0.29, 0.717) is 19.3 Å². The molecule has 0 saturated carbocycles. The molecule has 3 N–H and O–H groups in total. The van der Waals surface area contributed by atoms with Gasteiger partial charge in [-0.3, -0.25) is 9.59 Å². The van der Waals surface area contributed by atoms with Crippen LogP contribution >= 0.6 is 0 Å². The summed E-state index contributed by atoms with van der Waals surface area (Å²) in [6.07, 6.45) is 3.46. The largest absolute Gasteiger partial charge is 0.480 e. The van der Waals surface area contributed by atoms with Crippen LogP contribution in [0.4, 0.5) is 0 Å². The molecule has 2 atom stereocenters. The van der Waals surface area contributed by atoms with Crippen LogP contribution in [0.3, 0.4) is 0 Å².